The molecule has 0 unspecified atom stereocenters. The van der Waals surface area contributed by atoms with Gasteiger partial charge in [-0.2, -0.15) is 0 Å². The van der Waals surface area contributed by atoms with Crippen molar-refractivity contribution in [3.63, 3.8) is 0 Å². The van der Waals surface area contributed by atoms with Crippen LogP contribution in [0.4, 0.5) is 0 Å². The van der Waals surface area contributed by atoms with E-state index in [1.807, 2.05) is 0 Å². The fourth-order valence-corrected chi connectivity index (χ4v) is 0. The maximum absolute atomic E-state index is 8.24. The molecular weight excluding hydrogens is 478 g/mol. The third-order valence-corrected chi connectivity index (χ3v) is 0. The first kappa shape index (κ1) is 24.0. The Labute approximate surface area is 77.1 Å². The van der Waals surface area contributed by atoms with Gasteiger partial charge in [0.2, 0.25) is 0 Å². The van der Waals surface area contributed by atoms with Gasteiger partial charge >= 0.3 is 44.8 Å². The van der Waals surface area contributed by atoms with Gasteiger partial charge in [0, 0.05) is 0 Å². The van der Waals surface area contributed by atoms with E-state index < -0.39 is 0 Å². The van der Waals surface area contributed by atoms with E-state index in [4.69, 9.17) is 20.4 Å². The quantitative estimate of drug-likeness (QED) is 0.275. The molecule has 0 bridgehead atoms. The predicted octanol–water partition coefficient (Wildman–Crippen LogP) is -0.222. The molecule has 0 heterocycles. The molecule has 0 amide bonds. The summed E-state index contributed by atoms with van der Waals surface area (Å²) in [6.07, 6.45) is 1.00. The smallest absolute Gasteiger partial charge is 0.724 e. The average Bonchev–Trinajstić information content (AvgIpc) is 1.39. The zero-order chi connectivity index (χ0) is 5.41. The molecule has 0 rings (SSSR count). The zero-order valence-electron chi connectivity index (χ0n) is 3.31. The van der Waals surface area contributed by atoms with E-state index in [1.165, 1.54) is 0 Å². The average molecular weight is 478 g/mol. The van der Waals surface area contributed by atoms with Crippen LogP contribution >= 0.6 is 0 Å². The van der Waals surface area contributed by atoms with Crippen molar-refractivity contribution in [3.05, 3.63) is 10.8 Å². The SMILES string of the molecule is [Au+].[Au+].[N-]=C=O.[N-]=C=O. The van der Waals surface area contributed by atoms with Crippen molar-refractivity contribution in [2.24, 2.45) is 0 Å². The first-order valence-corrected chi connectivity index (χ1v) is 0.855. The molecular formula is C2Au2N2O2. The van der Waals surface area contributed by atoms with Crippen molar-refractivity contribution in [2.45, 2.75) is 0 Å². The van der Waals surface area contributed by atoms with Crippen LogP contribution in [0.2, 0.25) is 0 Å². The van der Waals surface area contributed by atoms with E-state index in [9.17, 15) is 0 Å². The molecule has 0 radical (unpaired) electrons. The predicted molar refractivity (Wildman–Crippen MR) is 18.1 cm³/mol. The Morgan fingerprint density at radius 3 is 0.875 bits per heavy atom. The summed E-state index contributed by atoms with van der Waals surface area (Å²) in [5.74, 6) is 0. The molecule has 4 nitrogen and oxygen atoms in total. The van der Waals surface area contributed by atoms with Crippen molar-refractivity contribution < 1.29 is 54.3 Å². The van der Waals surface area contributed by atoms with Gasteiger partial charge in [-0.05, 0) is 12.2 Å². The first-order chi connectivity index (χ1) is 2.83. The molecule has 8 heavy (non-hydrogen) atoms. The third-order valence-electron chi connectivity index (χ3n) is 0. The van der Waals surface area contributed by atoms with Crippen molar-refractivity contribution >= 4 is 12.2 Å². The summed E-state index contributed by atoms with van der Waals surface area (Å²) in [6.45, 7) is 0. The van der Waals surface area contributed by atoms with Gasteiger partial charge in [0.1, 0.15) is 0 Å². The van der Waals surface area contributed by atoms with Crippen molar-refractivity contribution in [3.8, 4) is 0 Å². The summed E-state index contributed by atoms with van der Waals surface area (Å²) in [5.41, 5.74) is 0. The van der Waals surface area contributed by atoms with Gasteiger partial charge in [-0.25, -0.2) is 0 Å². The molecule has 0 aromatic rings. The molecule has 6 heteroatoms. The number of hydrogen-bond acceptors (Lipinski definition) is 2. The summed E-state index contributed by atoms with van der Waals surface area (Å²) in [4.78, 5) is 16.5. The van der Waals surface area contributed by atoms with Gasteiger partial charge in [0.25, 0.3) is 0 Å². The molecule has 0 aliphatic heterocycles. The van der Waals surface area contributed by atoms with Crippen molar-refractivity contribution in [1.29, 1.82) is 0 Å². The van der Waals surface area contributed by atoms with Crippen LogP contribution in [-0.2, 0) is 54.3 Å². The van der Waals surface area contributed by atoms with Crippen LogP contribution in [0.5, 0.6) is 0 Å². The van der Waals surface area contributed by atoms with Gasteiger partial charge in [-0.1, -0.05) is 0 Å². The maximum atomic E-state index is 8.24. The number of carbonyl (C=O) groups excluding carboxylic acids is 2. The van der Waals surface area contributed by atoms with Gasteiger partial charge in [-0.15, -0.1) is 0 Å². The van der Waals surface area contributed by atoms with Crippen LogP contribution in [0, 0.1) is 0 Å². The second-order valence-electron chi connectivity index (χ2n) is 0.183. The monoisotopic (exact) mass is 478 g/mol. The van der Waals surface area contributed by atoms with Gasteiger partial charge in [0.05, 0.1) is 0 Å². The van der Waals surface area contributed by atoms with Gasteiger partial charge in [0.15, 0.2) is 0 Å². The normalized spacial score (nSPS) is 2.00. The number of nitrogens with zero attached hydrogens (tertiary/aromatic N) is 2. The summed E-state index contributed by atoms with van der Waals surface area (Å²) in [6, 6.07) is 0. The Bertz CT molecular complexity index is 70.0. The number of rotatable bonds is 0. The van der Waals surface area contributed by atoms with Gasteiger partial charge in [-0.3, -0.25) is 9.59 Å². The fourth-order valence-electron chi connectivity index (χ4n) is 0. The second kappa shape index (κ2) is 56.2. The van der Waals surface area contributed by atoms with Crippen LogP contribution in [0.15, 0.2) is 0 Å². The summed E-state index contributed by atoms with van der Waals surface area (Å²) >= 11 is 0. The van der Waals surface area contributed by atoms with E-state index in [-0.39, 0.29) is 44.8 Å². The summed E-state index contributed by atoms with van der Waals surface area (Å²) in [5, 5.41) is 13.5. The molecule has 52 valence electrons. The van der Waals surface area contributed by atoms with E-state index in [0.29, 0.717) is 12.2 Å². The Morgan fingerprint density at radius 1 is 0.875 bits per heavy atom. The molecule has 0 atom stereocenters. The molecule has 0 saturated heterocycles. The largest absolute Gasteiger partial charge is 1.00 e. The fraction of sp³-hybridized carbons (Fsp3) is 0. The summed E-state index contributed by atoms with van der Waals surface area (Å²) < 4.78 is 0. The molecule has 0 spiro atoms. The third kappa shape index (κ3) is 2960. The van der Waals surface area contributed by atoms with E-state index in [1.54, 1.807) is 0 Å². The van der Waals surface area contributed by atoms with Crippen LogP contribution in [0.3, 0.4) is 0 Å². The molecule has 0 aromatic heterocycles. The van der Waals surface area contributed by atoms with Gasteiger partial charge < -0.3 is 10.8 Å². The number of hydrogen-bond donors (Lipinski definition) is 0. The molecule has 0 aromatic carbocycles. The standard InChI is InChI=1S/2CNO.2Au/c2*2-1-3;;/q2*-1;2*+1. The number of isocyanates is 2. The van der Waals surface area contributed by atoms with E-state index in [2.05, 4.69) is 0 Å². The first-order valence-electron chi connectivity index (χ1n) is 0.855. The molecule has 0 fully saturated rings. The molecule has 0 N–H and O–H groups in total. The Hall–Kier alpha value is 0.241. The van der Waals surface area contributed by atoms with Crippen LogP contribution in [0.1, 0.15) is 0 Å². The Kier molecular flexibility index (Phi) is 169. The van der Waals surface area contributed by atoms with Crippen LogP contribution in [-0.4, -0.2) is 12.2 Å². The molecule has 0 aliphatic rings. The van der Waals surface area contributed by atoms with Crippen molar-refractivity contribution in [2.75, 3.05) is 0 Å². The second-order valence-corrected chi connectivity index (χ2v) is 0.183. The maximum Gasteiger partial charge on any atom is 1.00 e. The minimum absolute atomic E-state index is 0. The van der Waals surface area contributed by atoms with E-state index >= 15 is 0 Å². The minimum Gasteiger partial charge on any atom is -0.724 e. The minimum atomic E-state index is 0. The van der Waals surface area contributed by atoms with Crippen molar-refractivity contribution in [1.82, 2.24) is 0 Å². The zero-order valence-corrected chi connectivity index (χ0v) is 7.65. The van der Waals surface area contributed by atoms with E-state index in [0.717, 1.165) is 0 Å². The molecule has 0 saturated carbocycles. The Balaban J connectivity index is -0.0000000160. The topological polar surface area (TPSA) is 78.7 Å². The Morgan fingerprint density at radius 2 is 0.875 bits per heavy atom. The van der Waals surface area contributed by atoms with Crippen LogP contribution < -0.4 is 0 Å². The van der Waals surface area contributed by atoms with Crippen LogP contribution in [0.25, 0.3) is 10.8 Å². The molecule has 0 aliphatic carbocycles. The summed E-state index contributed by atoms with van der Waals surface area (Å²) in [7, 11) is 0.